The molecule has 0 saturated carbocycles. The van der Waals surface area contributed by atoms with Crippen molar-refractivity contribution in [3.63, 3.8) is 0 Å². The van der Waals surface area contributed by atoms with Gasteiger partial charge in [-0.25, -0.2) is 0 Å². The minimum absolute atomic E-state index is 0.103. The first-order chi connectivity index (χ1) is 9.40. The van der Waals surface area contributed by atoms with Gasteiger partial charge < -0.3 is 25.4 Å². The third kappa shape index (κ3) is 2.88. The van der Waals surface area contributed by atoms with Crippen molar-refractivity contribution >= 4 is 11.4 Å². The molecule has 0 amide bonds. The van der Waals surface area contributed by atoms with Gasteiger partial charge in [0.25, 0.3) is 5.69 Å². The molecule has 0 spiro atoms. The van der Waals surface area contributed by atoms with Crippen LogP contribution in [0.5, 0.6) is 0 Å². The maximum Gasteiger partial charge on any atom is 0.271 e. The van der Waals surface area contributed by atoms with Gasteiger partial charge in [-0.1, -0.05) is 6.07 Å². The first kappa shape index (κ1) is 14.7. The Morgan fingerprint density at radius 1 is 1.25 bits per heavy atom. The molecule has 1 fully saturated rings. The number of nitro groups is 1. The lowest BCUT2D eigenvalue weighted by Gasteiger charge is -2.39. The second-order valence-corrected chi connectivity index (χ2v) is 4.69. The Labute approximate surface area is 114 Å². The Morgan fingerprint density at radius 2 is 1.95 bits per heavy atom. The van der Waals surface area contributed by atoms with Crippen LogP contribution in [0.4, 0.5) is 11.4 Å². The SMILES string of the molecule is C[C@@H]1O[C@H](Nc2cccc([N+](=O)[O-])c2)[C@H](O)[C@H](O)[C@H]1O. The van der Waals surface area contributed by atoms with Crippen LogP contribution < -0.4 is 5.32 Å². The Morgan fingerprint density at radius 3 is 2.60 bits per heavy atom. The molecule has 0 radical (unpaired) electrons. The lowest BCUT2D eigenvalue weighted by Crippen LogP contribution is -2.58. The van der Waals surface area contributed by atoms with Crippen molar-refractivity contribution < 1.29 is 25.0 Å². The van der Waals surface area contributed by atoms with Crippen LogP contribution in [-0.4, -0.2) is 50.9 Å². The number of aliphatic hydroxyl groups excluding tert-OH is 3. The summed E-state index contributed by atoms with van der Waals surface area (Å²) in [4.78, 5) is 10.1. The number of rotatable bonds is 3. The summed E-state index contributed by atoms with van der Waals surface area (Å²) in [7, 11) is 0. The summed E-state index contributed by atoms with van der Waals surface area (Å²) in [5, 5.41) is 42.5. The fourth-order valence-corrected chi connectivity index (χ4v) is 2.04. The third-order valence-electron chi connectivity index (χ3n) is 3.22. The largest absolute Gasteiger partial charge is 0.388 e. The number of benzene rings is 1. The van der Waals surface area contributed by atoms with E-state index in [1.54, 1.807) is 13.0 Å². The summed E-state index contributed by atoms with van der Waals surface area (Å²) in [5.74, 6) is 0. The third-order valence-corrected chi connectivity index (χ3v) is 3.22. The Bertz CT molecular complexity index is 497. The van der Waals surface area contributed by atoms with E-state index in [1.165, 1.54) is 18.2 Å². The molecule has 0 aliphatic carbocycles. The predicted octanol–water partition coefficient (Wildman–Crippen LogP) is -0.166. The molecular weight excluding hydrogens is 268 g/mol. The van der Waals surface area contributed by atoms with Crippen molar-refractivity contribution in [3.8, 4) is 0 Å². The van der Waals surface area contributed by atoms with Gasteiger partial charge in [0.05, 0.1) is 11.0 Å². The lowest BCUT2D eigenvalue weighted by molar-refractivity contribution is -0.384. The van der Waals surface area contributed by atoms with Crippen LogP contribution in [0, 0.1) is 10.1 Å². The Balaban J connectivity index is 2.13. The molecule has 8 nitrogen and oxygen atoms in total. The summed E-state index contributed by atoms with van der Waals surface area (Å²) >= 11 is 0. The second kappa shape index (κ2) is 5.71. The van der Waals surface area contributed by atoms with Gasteiger partial charge in [0.1, 0.15) is 18.3 Å². The number of ether oxygens (including phenoxy) is 1. The number of nitrogens with zero attached hydrogens (tertiary/aromatic N) is 1. The molecule has 20 heavy (non-hydrogen) atoms. The molecule has 1 heterocycles. The van der Waals surface area contributed by atoms with E-state index in [9.17, 15) is 25.4 Å². The highest BCUT2D eigenvalue weighted by molar-refractivity contribution is 5.51. The summed E-state index contributed by atoms with van der Waals surface area (Å²) in [6.07, 6.45) is -5.53. The maximum atomic E-state index is 10.7. The highest BCUT2D eigenvalue weighted by atomic mass is 16.6. The van der Waals surface area contributed by atoms with Gasteiger partial charge >= 0.3 is 0 Å². The fraction of sp³-hybridized carbons (Fsp3) is 0.500. The average molecular weight is 284 g/mol. The van der Waals surface area contributed by atoms with E-state index in [-0.39, 0.29) is 5.69 Å². The molecule has 1 aromatic rings. The Hall–Kier alpha value is -1.74. The van der Waals surface area contributed by atoms with Crippen LogP contribution in [0.2, 0.25) is 0 Å². The van der Waals surface area contributed by atoms with Crippen LogP contribution in [0.1, 0.15) is 6.92 Å². The monoisotopic (exact) mass is 284 g/mol. The van der Waals surface area contributed by atoms with Crippen molar-refractivity contribution in [1.82, 2.24) is 0 Å². The van der Waals surface area contributed by atoms with E-state index in [0.717, 1.165) is 0 Å². The van der Waals surface area contributed by atoms with E-state index < -0.39 is 35.6 Å². The molecule has 8 heteroatoms. The summed E-state index contributed by atoms with van der Waals surface area (Å²) in [6, 6.07) is 5.69. The number of non-ortho nitro benzene ring substituents is 1. The zero-order chi connectivity index (χ0) is 14.9. The van der Waals surface area contributed by atoms with Crippen molar-refractivity contribution in [2.75, 3.05) is 5.32 Å². The lowest BCUT2D eigenvalue weighted by atomic mass is 9.99. The van der Waals surface area contributed by atoms with E-state index >= 15 is 0 Å². The quantitative estimate of drug-likeness (QED) is 0.448. The number of aliphatic hydroxyl groups is 3. The van der Waals surface area contributed by atoms with Crippen LogP contribution in [0.15, 0.2) is 24.3 Å². The maximum absolute atomic E-state index is 10.7. The number of nitrogens with one attached hydrogen (secondary N) is 1. The summed E-state index contributed by atoms with van der Waals surface area (Å²) in [5.41, 5.74) is 0.271. The smallest absolute Gasteiger partial charge is 0.271 e. The van der Waals surface area contributed by atoms with Crippen molar-refractivity contribution in [2.24, 2.45) is 0 Å². The van der Waals surface area contributed by atoms with Gasteiger partial charge in [0, 0.05) is 17.8 Å². The Kier molecular flexibility index (Phi) is 4.19. The van der Waals surface area contributed by atoms with Gasteiger partial charge in [-0.15, -0.1) is 0 Å². The fourth-order valence-electron chi connectivity index (χ4n) is 2.04. The van der Waals surface area contributed by atoms with Gasteiger partial charge in [-0.3, -0.25) is 10.1 Å². The summed E-state index contributed by atoms with van der Waals surface area (Å²) in [6.45, 7) is 1.56. The summed E-state index contributed by atoms with van der Waals surface area (Å²) < 4.78 is 5.34. The molecule has 0 unspecified atom stereocenters. The van der Waals surface area contributed by atoms with E-state index in [1.807, 2.05) is 0 Å². The topological polar surface area (TPSA) is 125 Å². The van der Waals surface area contributed by atoms with Gasteiger partial charge in [0.2, 0.25) is 0 Å². The number of hydrogen-bond acceptors (Lipinski definition) is 7. The zero-order valence-electron chi connectivity index (χ0n) is 10.7. The molecule has 110 valence electrons. The standard InChI is InChI=1S/C12H16N2O6/c1-6-9(15)10(16)11(17)12(20-6)13-7-3-2-4-8(5-7)14(18)19/h2-6,9-13,15-17H,1H3/t6-,9-,10+,11+,12-/m0/s1. The van der Waals surface area contributed by atoms with Crippen LogP contribution in [-0.2, 0) is 4.74 Å². The average Bonchev–Trinajstić information content (AvgIpc) is 2.42. The first-order valence-electron chi connectivity index (χ1n) is 6.11. The first-order valence-corrected chi connectivity index (χ1v) is 6.11. The number of nitro benzene ring substituents is 1. The molecule has 1 saturated heterocycles. The van der Waals surface area contributed by atoms with Crippen molar-refractivity contribution in [1.29, 1.82) is 0 Å². The molecule has 1 aliphatic heterocycles. The van der Waals surface area contributed by atoms with Crippen LogP contribution >= 0.6 is 0 Å². The molecule has 4 N–H and O–H groups in total. The van der Waals surface area contributed by atoms with Gasteiger partial charge in [0.15, 0.2) is 6.23 Å². The number of anilines is 1. The highest BCUT2D eigenvalue weighted by Crippen LogP contribution is 2.24. The van der Waals surface area contributed by atoms with E-state index in [0.29, 0.717) is 5.69 Å². The van der Waals surface area contributed by atoms with E-state index in [4.69, 9.17) is 4.74 Å². The normalized spacial score (nSPS) is 33.7. The minimum atomic E-state index is -1.35. The van der Waals surface area contributed by atoms with Gasteiger partial charge in [-0.2, -0.15) is 0 Å². The zero-order valence-corrected chi connectivity index (χ0v) is 10.7. The molecule has 0 aromatic heterocycles. The molecule has 1 aliphatic rings. The minimum Gasteiger partial charge on any atom is -0.388 e. The van der Waals surface area contributed by atoms with Crippen molar-refractivity contribution in [3.05, 3.63) is 34.4 Å². The van der Waals surface area contributed by atoms with Crippen LogP contribution in [0.25, 0.3) is 0 Å². The van der Waals surface area contributed by atoms with E-state index in [2.05, 4.69) is 5.32 Å². The number of hydrogen-bond donors (Lipinski definition) is 4. The van der Waals surface area contributed by atoms with Gasteiger partial charge in [-0.05, 0) is 13.0 Å². The second-order valence-electron chi connectivity index (χ2n) is 4.69. The van der Waals surface area contributed by atoms with Crippen LogP contribution in [0.3, 0.4) is 0 Å². The van der Waals surface area contributed by atoms with Crippen molar-refractivity contribution in [2.45, 2.75) is 37.6 Å². The molecule has 1 aromatic carbocycles. The highest BCUT2D eigenvalue weighted by Gasteiger charge is 2.41. The molecule has 2 rings (SSSR count). The predicted molar refractivity (Wildman–Crippen MR) is 69.1 cm³/mol. The molecular formula is C12H16N2O6. The molecule has 0 bridgehead atoms. The molecule has 5 atom stereocenters.